The molecular formula is C19H30N2O4. The topological polar surface area (TPSA) is 67.9 Å². The molecule has 0 aliphatic rings. The van der Waals surface area contributed by atoms with Crippen LogP contribution in [0.15, 0.2) is 30.3 Å². The van der Waals surface area contributed by atoms with E-state index in [0.29, 0.717) is 0 Å². The van der Waals surface area contributed by atoms with Crippen LogP contribution in [0.5, 0.6) is 0 Å². The first-order valence-corrected chi connectivity index (χ1v) is 8.66. The lowest BCUT2D eigenvalue weighted by Crippen LogP contribution is -2.67. The fourth-order valence-corrected chi connectivity index (χ4v) is 3.08. The molecule has 0 fully saturated rings. The summed E-state index contributed by atoms with van der Waals surface area (Å²) in [6.45, 7) is 11.6. The van der Waals surface area contributed by atoms with Crippen molar-refractivity contribution < 1.29 is 19.1 Å². The Balaban J connectivity index is 2.92. The Morgan fingerprint density at radius 3 is 2.12 bits per heavy atom. The number of rotatable bonds is 8. The Hall–Kier alpha value is -2.08. The number of carbonyl (C=O) groups excluding carboxylic acids is 2. The van der Waals surface area contributed by atoms with Gasteiger partial charge in [0, 0.05) is 12.1 Å². The van der Waals surface area contributed by atoms with E-state index in [1.54, 1.807) is 13.8 Å². The number of hydrogen-bond acceptors (Lipinski definition) is 5. The highest BCUT2D eigenvalue weighted by Crippen LogP contribution is 2.21. The second-order valence-electron chi connectivity index (χ2n) is 6.57. The minimum Gasteiger partial charge on any atom is -0.463 e. The van der Waals surface area contributed by atoms with Crippen LogP contribution in [0.2, 0.25) is 0 Å². The lowest BCUT2D eigenvalue weighted by Gasteiger charge is -2.44. The molecule has 0 heterocycles. The minimum absolute atomic E-state index is 0.0174. The average molecular weight is 350 g/mol. The summed E-state index contributed by atoms with van der Waals surface area (Å²) >= 11 is 0. The van der Waals surface area contributed by atoms with Gasteiger partial charge in [-0.05, 0) is 47.1 Å². The van der Waals surface area contributed by atoms with E-state index in [2.05, 4.69) is 5.32 Å². The molecule has 1 rings (SSSR count). The van der Waals surface area contributed by atoms with Gasteiger partial charge in [0.2, 0.25) is 0 Å². The van der Waals surface area contributed by atoms with Crippen LogP contribution >= 0.6 is 0 Å². The molecule has 0 aromatic heterocycles. The van der Waals surface area contributed by atoms with Crippen LogP contribution in [0.25, 0.3) is 0 Å². The van der Waals surface area contributed by atoms with E-state index >= 15 is 0 Å². The zero-order valence-corrected chi connectivity index (χ0v) is 16.0. The summed E-state index contributed by atoms with van der Waals surface area (Å²) in [4.78, 5) is 26.8. The molecule has 1 amide bonds. The summed E-state index contributed by atoms with van der Waals surface area (Å²) in [5.41, 5.74) is -0.438. The van der Waals surface area contributed by atoms with Gasteiger partial charge in [-0.3, -0.25) is 10.2 Å². The molecule has 1 aromatic rings. The predicted octanol–water partition coefficient (Wildman–Crippen LogP) is 3.31. The zero-order valence-electron chi connectivity index (χ0n) is 16.0. The number of nitrogens with one attached hydrogen (secondary N) is 1. The van der Waals surface area contributed by atoms with Gasteiger partial charge in [-0.1, -0.05) is 30.3 Å². The van der Waals surface area contributed by atoms with Gasteiger partial charge in [-0.2, -0.15) is 0 Å². The highest BCUT2D eigenvalue weighted by molar-refractivity contribution is 5.85. The fraction of sp³-hybridized carbons (Fsp3) is 0.579. The van der Waals surface area contributed by atoms with Gasteiger partial charge in [0.25, 0.3) is 0 Å². The van der Waals surface area contributed by atoms with E-state index in [-0.39, 0.29) is 25.3 Å². The van der Waals surface area contributed by atoms with Crippen molar-refractivity contribution in [2.75, 3.05) is 6.61 Å². The molecule has 25 heavy (non-hydrogen) atoms. The number of alkyl carbamates (subject to hydrolysis) is 1. The summed E-state index contributed by atoms with van der Waals surface area (Å²) in [5, 5.41) is 2.70. The molecule has 0 aliphatic heterocycles. The molecule has 0 spiro atoms. The van der Waals surface area contributed by atoms with Crippen LogP contribution in [0.4, 0.5) is 4.79 Å². The molecular weight excluding hydrogens is 320 g/mol. The third-order valence-corrected chi connectivity index (χ3v) is 3.86. The number of esters is 1. The maximum absolute atomic E-state index is 12.6. The van der Waals surface area contributed by atoms with Gasteiger partial charge in [0.05, 0.1) is 6.61 Å². The first-order chi connectivity index (χ1) is 11.7. The largest absolute Gasteiger partial charge is 0.463 e. The molecule has 140 valence electrons. The lowest BCUT2D eigenvalue weighted by atomic mass is 10.1. The molecule has 1 aromatic carbocycles. The summed E-state index contributed by atoms with van der Waals surface area (Å²) in [6.07, 6.45) is -0.661. The number of ether oxygens (including phenoxy) is 2. The van der Waals surface area contributed by atoms with Crippen LogP contribution in [0.3, 0.4) is 0 Å². The highest BCUT2D eigenvalue weighted by atomic mass is 16.6. The molecule has 0 bridgehead atoms. The van der Waals surface area contributed by atoms with Crippen molar-refractivity contribution in [1.82, 2.24) is 10.2 Å². The monoisotopic (exact) mass is 350 g/mol. The van der Waals surface area contributed by atoms with E-state index in [0.717, 1.165) is 5.56 Å². The first kappa shape index (κ1) is 21.0. The Bertz CT molecular complexity index is 552. The van der Waals surface area contributed by atoms with Crippen molar-refractivity contribution in [3.63, 3.8) is 0 Å². The predicted molar refractivity (Wildman–Crippen MR) is 96.9 cm³/mol. The number of benzene rings is 1. The Morgan fingerprint density at radius 1 is 1.08 bits per heavy atom. The van der Waals surface area contributed by atoms with Crippen molar-refractivity contribution in [2.24, 2.45) is 0 Å². The molecule has 1 atom stereocenters. The van der Waals surface area contributed by atoms with E-state index in [1.807, 2.05) is 62.9 Å². The van der Waals surface area contributed by atoms with Crippen molar-refractivity contribution >= 4 is 12.1 Å². The third kappa shape index (κ3) is 5.74. The Kier molecular flexibility index (Phi) is 7.90. The normalized spacial score (nSPS) is 13.6. The molecule has 6 nitrogen and oxygen atoms in total. The molecule has 0 unspecified atom stereocenters. The fourth-order valence-electron chi connectivity index (χ4n) is 3.08. The highest BCUT2D eigenvalue weighted by Gasteiger charge is 2.45. The van der Waals surface area contributed by atoms with E-state index in [9.17, 15) is 9.59 Å². The number of amides is 1. The second-order valence-corrected chi connectivity index (χ2v) is 6.57. The first-order valence-electron chi connectivity index (χ1n) is 8.66. The van der Waals surface area contributed by atoms with Gasteiger partial charge < -0.3 is 9.47 Å². The summed E-state index contributed by atoms with van der Waals surface area (Å²) in [7, 11) is 0. The van der Waals surface area contributed by atoms with E-state index in [4.69, 9.17) is 9.47 Å². The molecule has 0 saturated heterocycles. The van der Waals surface area contributed by atoms with Crippen molar-refractivity contribution in [2.45, 2.75) is 65.9 Å². The average Bonchev–Trinajstić information content (AvgIpc) is 2.53. The molecule has 6 heteroatoms. The maximum Gasteiger partial charge on any atom is 0.409 e. The van der Waals surface area contributed by atoms with Gasteiger partial charge in [-0.25, -0.2) is 9.59 Å². The van der Waals surface area contributed by atoms with Crippen LogP contribution in [0, 0.1) is 0 Å². The van der Waals surface area contributed by atoms with Crippen LogP contribution in [-0.2, 0) is 20.9 Å². The Morgan fingerprint density at radius 2 is 1.64 bits per heavy atom. The van der Waals surface area contributed by atoms with Crippen LogP contribution < -0.4 is 5.32 Å². The number of hydrogen-bond donors (Lipinski definition) is 1. The van der Waals surface area contributed by atoms with Crippen molar-refractivity contribution in [3.8, 4) is 0 Å². The SMILES string of the molecule is CCOC(=O)[C@](C)(NC(=O)OCc1ccccc1)N(C(C)C)C(C)C. The summed E-state index contributed by atoms with van der Waals surface area (Å²) in [6, 6.07) is 9.41. The number of carbonyl (C=O) groups is 2. The second kappa shape index (κ2) is 9.42. The zero-order chi connectivity index (χ0) is 19.0. The molecule has 0 saturated carbocycles. The maximum atomic E-state index is 12.6. The van der Waals surface area contributed by atoms with Crippen LogP contribution in [-0.4, -0.2) is 41.3 Å². The minimum atomic E-state index is -1.31. The Labute approximate surface area is 150 Å². The molecule has 1 N–H and O–H groups in total. The molecule has 0 aliphatic carbocycles. The standard InChI is InChI=1S/C19H30N2O4/c1-7-24-17(22)19(6,21(14(2)3)15(4)5)20-18(23)25-13-16-11-9-8-10-12-16/h8-12,14-15H,7,13H2,1-6H3,(H,20,23)/t19-/m1/s1. The summed E-state index contributed by atoms with van der Waals surface area (Å²) < 4.78 is 10.5. The molecule has 0 radical (unpaired) electrons. The van der Waals surface area contributed by atoms with Gasteiger partial charge in [-0.15, -0.1) is 0 Å². The smallest absolute Gasteiger partial charge is 0.409 e. The lowest BCUT2D eigenvalue weighted by molar-refractivity contribution is -0.162. The van der Waals surface area contributed by atoms with E-state index in [1.165, 1.54) is 0 Å². The third-order valence-electron chi connectivity index (χ3n) is 3.86. The van der Waals surface area contributed by atoms with Crippen LogP contribution in [0.1, 0.15) is 47.1 Å². The summed E-state index contributed by atoms with van der Waals surface area (Å²) in [5.74, 6) is -0.505. The quantitative estimate of drug-likeness (QED) is 0.575. The van der Waals surface area contributed by atoms with Crippen molar-refractivity contribution in [1.29, 1.82) is 0 Å². The number of nitrogens with zero attached hydrogens (tertiary/aromatic N) is 1. The van der Waals surface area contributed by atoms with Gasteiger partial charge in [0.15, 0.2) is 5.66 Å². The van der Waals surface area contributed by atoms with Gasteiger partial charge in [0.1, 0.15) is 6.61 Å². The van der Waals surface area contributed by atoms with Gasteiger partial charge >= 0.3 is 12.1 Å². The van der Waals surface area contributed by atoms with E-state index < -0.39 is 17.7 Å². The van der Waals surface area contributed by atoms with Crippen molar-refractivity contribution in [3.05, 3.63) is 35.9 Å².